The maximum absolute atomic E-state index is 12.6. The molecule has 0 fully saturated rings. The van der Waals surface area contributed by atoms with Crippen LogP contribution in [0.2, 0.25) is 5.02 Å². The monoisotopic (exact) mass is 364 g/mol. The smallest absolute Gasteiger partial charge is 0.265 e. The number of sulfonamides is 1. The molecule has 1 aromatic heterocycles. The zero-order chi connectivity index (χ0) is 17.2. The molecule has 1 N–H and O–H groups in total. The summed E-state index contributed by atoms with van der Waals surface area (Å²) in [6.07, 6.45) is 1.51. The molecule has 24 heavy (non-hydrogen) atoms. The summed E-state index contributed by atoms with van der Waals surface area (Å²) in [5, 5.41) is 4.15. The van der Waals surface area contributed by atoms with Gasteiger partial charge in [0, 0.05) is 22.3 Å². The van der Waals surface area contributed by atoms with Crippen LogP contribution in [0.15, 0.2) is 64.1 Å². The van der Waals surface area contributed by atoms with E-state index in [0.29, 0.717) is 22.0 Å². The summed E-state index contributed by atoms with van der Waals surface area (Å²) in [5.41, 5.74) is 1.07. The van der Waals surface area contributed by atoms with Gasteiger partial charge in [0.25, 0.3) is 10.0 Å². The Hall–Kier alpha value is -2.51. The molecular weight excluding hydrogens is 352 g/mol. The van der Waals surface area contributed by atoms with E-state index in [1.165, 1.54) is 19.4 Å². The Balaban J connectivity index is 1.96. The Kier molecular flexibility index (Phi) is 4.46. The van der Waals surface area contributed by atoms with Crippen LogP contribution < -0.4 is 9.46 Å². The number of methoxy groups -OCH3 is 1. The van der Waals surface area contributed by atoms with Gasteiger partial charge >= 0.3 is 0 Å². The molecule has 0 aliphatic rings. The van der Waals surface area contributed by atoms with Crippen LogP contribution in [0.25, 0.3) is 11.3 Å². The van der Waals surface area contributed by atoms with E-state index in [0.717, 1.165) is 0 Å². The lowest BCUT2D eigenvalue weighted by Crippen LogP contribution is -2.14. The highest BCUT2D eigenvalue weighted by Crippen LogP contribution is 2.31. The second-order valence-electron chi connectivity index (χ2n) is 4.85. The zero-order valence-electron chi connectivity index (χ0n) is 12.6. The van der Waals surface area contributed by atoms with Crippen LogP contribution >= 0.6 is 11.6 Å². The van der Waals surface area contributed by atoms with Gasteiger partial charge in [-0.3, -0.25) is 4.72 Å². The fourth-order valence-electron chi connectivity index (χ4n) is 2.14. The lowest BCUT2D eigenvalue weighted by atomic mass is 10.1. The van der Waals surface area contributed by atoms with Gasteiger partial charge in [0.2, 0.25) is 0 Å². The molecule has 124 valence electrons. The minimum Gasteiger partial charge on any atom is -0.495 e. The third kappa shape index (κ3) is 3.37. The van der Waals surface area contributed by atoms with Crippen molar-refractivity contribution in [2.45, 2.75) is 4.90 Å². The second-order valence-corrected chi connectivity index (χ2v) is 6.94. The number of benzene rings is 2. The number of halogens is 1. The third-order valence-electron chi connectivity index (χ3n) is 3.27. The minimum absolute atomic E-state index is 0.0169. The number of hydrogen-bond acceptors (Lipinski definition) is 5. The van der Waals surface area contributed by atoms with Crippen molar-refractivity contribution >= 4 is 27.3 Å². The lowest BCUT2D eigenvalue weighted by Gasteiger charge is -2.12. The molecule has 6 nitrogen and oxygen atoms in total. The molecule has 0 spiro atoms. The number of aromatic nitrogens is 1. The first-order valence-corrected chi connectivity index (χ1v) is 8.73. The van der Waals surface area contributed by atoms with E-state index in [-0.39, 0.29) is 10.6 Å². The van der Waals surface area contributed by atoms with Crippen molar-refractivity contribution in [1.82, 2.24) is 5.16 Å². The Morgan fingerprint density at radius 3 is 2.50 bits per heavy atom. The van der Waals surface area contributed by atoms with Crippen molar-refractivity contribution in [3.63, 3.8) is 0 Å². The first-order valence-electron chi connectivity index (χ1n) is 6.87. The highest BCUT2D eigenvalue weighted by atomic mass is 35.5. The lowest BCUT2D eigenvalue weighted by molar-refractivity contribution is 0.402. The normalized spacial score (nSPS) is 11.2. The molecule has 0 aliphatic heterocycles. The summed E-state index contributed by atoms with van der Waals surface area (Å²) in [5.74, 6) is 0.716. The van der Waals surface area contributed by atoms with Crippen molar-refractivity contribution in [3.05, 3.63) is 59.8 Å². The molecule has 2 aromatic carbocycles. The van der Waals surface area contributed by atoms with E-state index in [1.807, 2.05) is 0 Å². The average Bonchev–Trinajstić information content (AvgIpc) is 3.11. The molecule has 0 radical (unpaired) electrons. The molecule has 0 bridgehead atoms. The number of nitrogens with one attached hydrogen (secondary N) is 1. The Labute approximate surface area is 144 Å². The highest BCUT2D eigenvalue weighted by molar-refractivity contribution is 7.92. The van der Waals surface area contributed by atoms with E-state index >= 15 is 0 Å². The fraction of sp³-hybridized carbons (Fsp3) is 0.0625. The third-order valence-corrected chi connectivity index (χ3v) is 4.94. The van der Waals surface area contributed by atoms with E-state index < -0.39 is 10.0 Å². The fourth-order valence-corrected chi connectivity index (χ4v) is 3.47. The Bertz CT molecular complexity index is 939. The molecule has 0 amide bonds. The maximum atomic E-state index is 12.6. The molecule has 0 aliphatic carbocycles. The average molecular weight is 365 g/mol. The second kappa shape index (κ2) is 6.54. The molecule has 0 saturated heterocycles. The van der Waals surface area contributed by atoms with E-state index in [4.69, 9.17) is 20.9 Å². The van der Waals surface area contributed by atoms with Gasteiger partial charge in [-0.15, -0.1) is 0 Å². The number of hydrogen-bond donors (Lipinski definition) is 1. The largest absolute Gasteiger partial charge is 0.495 e. The number of anilines is 1. The molecule has 8 heteroatoms. The summed E-state index contributed by atoms with van der Waals surface area (Å²) in [4.78, 5) is 0.0169. The Morgan fingerprint density at radius 2 is 1.88 bits per heavy atom. The summed E-state index contributed by atoms with van der Waals surface area (Å²) >= 11 is 5.80. The first-order chi connectivity index (χ1) is 11.5. The van der Waals surface area contributed by atoms with Crippen LogP contribution in [-0.4, -0.2) is 20.7 Å². The van der Waals surface area contributed by atoms with Crippen molar-refractivity contribution < 1.29 is 17.7 Å². The summed E-state index contributed by atoms with van der Waals surface area (Å²) in [6, 6.07) is 12.7. The van der Waals surface area contributed by atoms with Gasteiger partial charge in [-0.25, -0.2) is 8.42 Å². The predicted molar refractivity (Wildman–Crippen MR) is 90.8 cm³/mol. The van der Waals surface area contributed by atoms with Gasteiger partial charge < -0.3 is 9.26 Å². The van der Waals surface area contributed by atoms with Crippen molar-refractivity contribution in [3.8, 4) is 17.1 Å². The number of rotatable bonds is 5. The van der Waals surface area contributed by atoms with E-state index in [1.54, 1.807) is 42.5 Å². The van der Waals surface area contributed by atoms with Gasteiger partial charge in [0.15, 0.2) is 5.76 Å². The Morgan fingerprint density at radius 1 is 1.12 bits per heavy atom. The molecule has 0 unspecified atom stereocenters. The molecule has 3 aromatic rings. The SMILES string of the molecule is COc1cc(-c2ccno2)ccc1S(=O)(=O)Nc1ccc(Cl)cc1. The van der Waals surface area contributed by atoms with E-state index in [2.05, 4.69) is 9.88 Å². The molecule has 0 saturated carbocycles. The van der Waals surface area contributed by atoms with Gasteiger partial charge in [-0.2, -0.15) is 0 Å². The minimum atomic E-state index is -3.82. The van der Waals surface area contributed by atoms with Crippen molar-refractivity contribution in [2.75, 3.05) is 11.8 Å². The molecule has 0 atom stereocenters. The van der Waals surface area contributed by atoms with Crippen LogP contribution in [0.5, 0.6) is 5.75 Å². The molecule has 1 heterocycles. The predicted octanol–water partition coefficient (Wildman–Crippen LogP) is 3.80. The molecular formula is C16H13ClN2O4S. The summed E-state index contributed by atoms with van der Waals surface area (Å²) in [7, 11) is -2.42. The molecule has 3 rings (SSSR count). The van der Waals surface area contributed by atoms with Crippen LogP contribution in [0.3, 0.4) is 0 Å². The highest BCUT2D eigenvalue weighted by Gasteiger charge is 2.21. The zero-order valence-corrected chi connectivity index (χ0v) is 14.1. The first kappa shape index (κ1) is 16.4. The standard InChI is InChI=1S/C16H13ClN2O4S/c1-22-15-10-11(14-8-9-18-23-14)2-7-16(15)24(20,21)19-13-5-3-12(17)4-6-13/h2-10,19H,1H3. The van der Waals surface area contributed by atoms with Crippen molar-refractivity contribution in [2.24, 2.45) is 0 Å². The van der Waals surface area contributed by atoms with Gasteiger partial charge in [-0.05, 0) is 42.5 Å². The van der Waals surface area contributed by atoms with Crippen LogP contribution in [0, 0.1) is 0 Å². The van der Waals surface area contributed by atoms with Crippen LogP contribution in [0.4, 0.5) is 5.69 Å². The van der Waals surface area contributed by atoms with Gasteiger partial charge in [0.05, 0.1) is 13.3 Å². The van der Waals surface area contributed by atoms with Gasteiger partial charge in [-0.1, -0.05) is 16.8 Å². The van der Waals surface area contributed by atoms with Crippen LogP contribution in [-0.2, 0) is 10.0 Å². The summed E-state index contributed by atoms with van der Waals surface area (Å²) < 4.78 is 38.0. The number of nitrogens with zero attached hydrogens (tertiary/aromatic N) is 1. The topological polar surface area (TPSA) is 81.4 Å². The maximum Gasteiger partial charge on any atom is 0.265 e. The van der Waals surface area contributed by atoms with E-state index in [9.17, 15) is 8.42 Å². The summed E-state index contributed by atoms with van der Waals surface area (Å²) in [6.45, 7) is 0. The number of ether oxygens (including phenoxy) is 1. The van der Waals surface area contributed by atoms with Crippen molar-refractivity contribution in [1.29, 1.82) is 0 Å². The quantitative estimate of drug-likeness (QED) is 0.744. The van der Waals surface area contributed by atoms with Gasteiger partial charge in [0.1, 0.15) is 10.6 Å². The van der Waals surface area contributed by atoms with Crippen LogP contribution in [0.1, 0.15) is 0 Å².